The highest BCUT2D eigenvalue weighted by Crippen LogP contribution is 2.24. The van der Waals surface area contributed by atoms with E-state index in [-0.39, 0.29) is 12.5 Å². The maximum Gasteiger partial charge on any atom is 0.191 e. The Labute approximate surface area is 154 Å². The van der Waals surface area contributed by atoms with Gasteiger partial charge in [-0.2, -0.15) is 0 Å². The number of nitrogens with one attached hydrogen (secondary N) is 2. The third kappa shape index (κ3) is 5.39. The summed E-state index contributed by atoms with van der Waals surface area (Å²) in [7, 11) is 4.98. The second kappa shape index (κ2) is 10.3. The predicted molar refractivity (Wildman–Crippen MR) is 104 cm³/mol. The van der Waals surface area contributed by atoms with Crippen LogP contribution in [0.4, 0.5) is 0 Å². The summed E-state index contributed by atoms with van der Waals surface area (Å²) >= 11 is 0. The van der Waals surface area contributed by atoms with Crippen LogP contribution >= 0.6 is 0 Å². The first-order valence-corrected chi connectivity index (χ1v) is 8.53. The van der Waals surface area contributed by atoms with Crippen molar-refractivity contribution in [2.45, 2.75) is 12.5 Å². The van der Waals surface area contributed by atoms with E-state index in [0.717, 1.165) is 22.6 Å². The number of aliphatic hydroxyl groups excluding tert-OH is 1. The number of aliphatic hydroxyl groups is 1. The lowest BCUT2D eigenvalue weighted by Crippen LogP contribution is -2.39. The quantitative estimate of drug-likeness (QED) is 0.499. The molecule has 0 aliphatic carbocycles. The third-order valence-corrected chi connectivity index (χ3v) is 4.17. The minimum absolute atomic E-state index is 0.00488. The highest BCUT2D eigenvalue weighted by Gasteiger charge is 2.11. The van der Waals surface area contributed by atoms with Crippen molar-refractivity contribution < 1.29 is 14.6 Å². The topological polar surface area (TPSA) is 75.1 Å². The van der Waals surface area contributed by atoms with Crippen LogP contribution in [0.3, 0.4) is 0 Å². The second-order valence-corrected chi connectivity index (χ2v) is 5.77. The van der Waals surface area contributed by atoms with Gasteiger partial charge in [0.1, 0.15) is 11.5 Å². The molecule has 0 aromatic heterocycles. The minimum Gasteiger partial charge on any atom is -0.497 e. The summed E-state index contributed by atoms with van der Waals surface area (Å²) in [6, 6.07) is 15.6. The van der Waals surface area contributed by atoms with Crippen molar-refractivity contribution in [3.05, 3.63) is 59.7 Å². The Kier molecular flexibility index (Phi) is 7.76. The molecule has 0 saturated carbocycles. The Hall–Kier alpha value is -2.73. The Balaban J connectivity index is 1.94. The van der Waals surface area contributed by atoms with E-state index in [9.17, 15) is 5.11 Å². The van der Waals surface area contributed by atoms with Gasteiger partial charge in [0, 0.05) is 37.7 Å². The Morgan fingerprint density at radius 2 is 1.85 bits per heavy atom. The molecule has 0 radical (unpaired) electrons. The average Bonchev–Trinajstić information content (AvgIpc) is 2.71. The van der Waals surface area contributed by atoms with Crippen molar-refractivity contribution in [3.8, 4) is 11.5 Å². The number of hydrogen-bond donors (Lipinski definition) is 3. The molecule has 0 aliphatic rings. The zero-order valence-electron chi connectivity index (χ0n) is 15.5. The lowest BCUT2D eigenvalue weighted by atomic mass is 10.0. The van der Waals surface area contributed by atoms with Crippen LogP contribution in [0, 0.1) is 0 Å². The molecule has 1 atom stereocenters. The van der Waals surface area contributed by atoms with Gasteiger partial charge in [-0.25, -0.2) is 0 Å². The van der Waals surface area contributed by atoms with Gasteiger partial charge in [0.05, 0.1) is 20.8 Å². The van der Waals surface area contributed by atoms with Crippen molar-refractivity contribution in [2.24, 2.45) is 4.99 Å². The van der Waals surface area contributed by atoms with Crippen molar-refractivity contribution in [3.63, 3.8) is 0 Å². The van der Waals surface area contributed by atoms with Crippen molar-refractivity contribution in [1.82, 2.24) is 10.6 Å². The highest BCUT2D eigenvalue weighted by molar-refractivity contribution is 5.79. The van der Waals surface area contributed by atoms with E-state index < -0.39 is 0 Å². The van der Waals surface area contributed by atoms with E-state index in [1.807, 2.05) is 48.5 Å². The van der Waals surface area contributed by atoms with Gasteiger partial charge in [-0.15, -0.1) is 0 Å². The van der Waals surface area contributed by atoms with Gasteiger partial charge in [-0.1, -0.05) is 30.3 Å². The molecule has 0 spiro atoms. The molecule has 6 nitrogen and oxygen atoms in total. The molecule has 0 saturated heterocycles. The highest BCUT2D eigenvalue weighted by atomic mass is 16.5. The monoisotopic (exact) mass is 357 g/mol. The van der Waals surface area contributed by atoms with Crippen LogP contribution in [0.25, 0.3) is 0 Å². The minimum atomic E-state index is 0.00488. The third-order valence-electron chi connectivity index (χ3n) is 4.17. The number of benzene rings is 2. The van der Waals surface area contributed by atoms with Crippen LogP contribution in [0.1, 0.15) is 17.0 Å². The van der Waals surface area contributed by atoms with Crippen molar-refractivity contribution in [1.29, 1.82) is 0 Å². The molecule has 1 unspecified atom stereocenters. The molecule has 3 N–H and O–H groups in total. The Morgan fingerprint density at radius 3 is 2.46 bits per heavy atom. The van der Waals surface area contributed by atoms with Gasteiger partial charge >= 0.3 is 0 Å². The van der Waals surface area contributed by atoms with E-state index in [2.05, 4.69) is 15.6 Å². The van der Waals surface area contributed by atoms with Crippen LogP contribution in [0.15, 0.2) is 53.5 Å². The predicted octanol–water partition coefficient (Wildman–Crippen LogP) is 2.14. The Bertz CT molecular complexity index is 705. The molecule has 0 heterocycles. The number of guanidine groups is 1. The first kappa shape index (κ1) is 19.6. The van der Waals surface area contributed by atoms with Crippen LogP contribution in [0.5, 0.6) is 11.5 Å². The van der Waals surface area contributed by atoms with E-state index in [0.29, 0.717) is 19.0 Å². The maximum absolute atomic E-state index is 9.66. The normalized spacial score (nSPS) is 12.4. The molecular formula is C20H27N3O3. The zero-order chi connectivity index (χ0) is 18.8. The van der Waals surface area contributed by atoms with E-state index in [1.54, 1.807) is 21.3 Å². The molecule has 0 bridgehead atoms. The van der Waals surface area contributed by atoms with Gasteiger partial charge in [0.15, 0.2) is 5.96 Å². The largest absolute Gasteiger partial charge is 0.497 e. The van der Waals surface area contributed by atoms with Gasteiger partial charge in [-0.3, -0.25) is 4.99 Å². The van der Waals surface area contributed by atoms with Crippen LogP contribution in [0.2, 0.25) is 0 Å². The summed E-state index contributed by atoms with van der Waals surface area (Å²) in [5.41, 5.74) is 2.09. The number of hydrogen-bond acceptors (Lipinski definition) is 4. The van der Waals surface area contributed by atoms with Crippen molar-refractivity contribution >= 4 is 5.96 Å². The Morgan fingerprint density at radius 1 is 1.08 bits per heavy atom. The molecular weight excluding hydrogens is 330 g/mol. The number of ether oxygens (including phenoxy) is 2. The number of nitrogens with zero attached hydrogens (tertiary/aromatic N) is 1. The summed E-state index contributed by atoms with van der Waals surface area (Å²) < 4.78 is 10.6. The van der Waals surface area contributed by atoms with Crippen LogP contribution in [-0.4, -0.2) is 45.5 Å². The molecule has 0 aliphatic heterocycles. The summed E-state index contributed by atoms with van der Waals surface area (Å²) in [5.74, 6) is 2.18. The summed E-state index contributed by atoms with van der Waals surface area (Å²) in [4.78, 5) is 4.24. The van der Waals surface area contributed by atoms with E-state index in [4.69, 9.17) is 9.47 Å². The zero-order valence-corrected chi connectivity index (χ0v) is 15.5. The van der Waals surface area contributed by atoms with Crippen LogP contribution in [-0.2, 0) is 6.54 Å². The smallest absolute Gasteiger partial charge is 0.191 e. The lowest BCUT2D eigenvalue weighted by molar-refractivity contribution is 0.265. The van der Waals surface area contributed by atoms with Gasteiger partial charge < -0.3 is 25.2 Å². The SMILES string of the molecule is CN=C(NCc1ccc(OC)cc1OC)NCC(CO)c1ccccc1. The fourth-order valence-corrected chi connectivity index (χ4v) is 2.63. The molecule has 0 amide bonds. The van der Waals surface area contributed by atoms with Gasteiger partial charge in [0.25, 0.3) is 0 Å². The summed E-state index contributed by atoms with van der Waals surface area (Å²) in [6.07, 6.45) is 0. The maximum atomic E-state index is 9.66. The molecule has 140 valence electrons. The van der Waals surface area contributed by atoms with Crippen molar-refractivity contribution in [2.75, 3.05) is 34.4 Å². The summed E-state index contributed by atoms with van der Waals surface area (Å²) in [5, 5.41) is 16.2. The molecule has 2 aromatic rings. The average molecular weight is 357 g/mol. The standard InChI is InChI=1S/C20H27N3O3/c1-21-20(23-13-17(14-24)15-7-5-4-6-8-15)22-12-16-9-10-18(25-2)11-19(16)26-3/h4-11,17,24H,12-14H2,1-3H3,(H2,21,22,23). The van der Waals surface area contributed by atoms with Gasteiger partial charge in [0.2, 0.25) is 0 Å². The lowest BCUT2D eigenvalue weighted by Gasteiger charge is -2.18. The number of methoxy groups -OCH3 is 2. The molecule has 26 heavy (non-hydrogen) atoms. The fraction of sp³-hybridized carbons (Fsp3) is 0.350. The molecule has 2 rings (SSSR count). The first-order chi connectivity index (χ1) is 12.7. The van der Waals surface area contributed by atoms with E-state index in [1.165, 1.54) is 0 Å². The fourth-order valence-electron chi connectivity index (χ4n) is 2.63. The summed E-state index contributed by atoms with van der Waals surface area (Å²) in [6.45, 7) is 1.21. The van der Waals surface area contributed by atoms with Gasteiger partial charge in [-0.05, 0) is 17.7 Å². The number of rotatable bonds is 8. The molecule has 6 heteroatoms. The number of aliphatic imine (C=N–C) groups is 1. The van der Waals surface area contributed by atoms with Crippen LogP contribution < -0.4 is 20.1 Å². The van der Waals surface area contributed by atoms with E-state index >= 15 is 0 Å². The first-order valence-electron chi connectivity index (χ1n) is 8.53. The second-order valence-electron chi connectivity index (χ2n) is 5.77. The molecule has 2 aromatic carbocycles. The molecule has 0 fully saturated rings.